The van der Waals surface area contributed by atoms with Gasteiger partial charge in [0, 0.05) is 5.92 Å². The molecule has 0 aromatic carbocycles. The number of rotatable bonds is 5. The fourth-order valence-corrected chi connectivity index (χ4v) is 2.25. The number of ether oxygens (including phenoxy) is 2. The third-order valence-electron chi connectivity index (χ3n) is 3.16. The maximum Gasteiger partial charge on any atom is 0.307 e. The first-order valence-electron chi connectivity index (χ1n) is 4.91. The van der Waals surface area contributed by atoms with Gasteiger partial charge in [0.1, 0.15) is 0 Å². The van der Waals surface area contributed by atoms with E-state index in [4.69, 9.17) is 14.6 Å². The Morgan fingerprint density at radius 1 is 1.25 bits per heavy atom. The van der Waals surface area contributed by atoms with Crippen molar-refractivity contribution in [1.29, 1.82) is 0 Å². The molecule has 1 aliphatic carbocycles. The molecule has 2 atom stereocenters. The van der Waals surface area contributed by atoms with Crippen molar-refractivity contribution in [2.75, 3.05) is 14.2 Å². The molecule has 0 aliphatic heterocycles. The molecule has 0 heterocycles. The molecular formula is C11H16O5. The fraction of sp³-hybridized carbons (Fsp3) is 0.636. The zero-order chi connectivity index (χ0) is 12.5. The van der Waals surface area contributed by atoms with E-state index in [9.17, 15) is 9.59 Å². The summed E-state index contributed by atoms with van der Waals surface area (Å²) in [7, 11) is 2.76. The molecule has 1 saturated carbocycles. The quantitative estimate of drug-likeness (QED) is 0.432. The average Bonchev–Trinajstić information content (AvgIpc) is 2.77. The number of hydrogen-bond donors (Lipinski definition) is 1. The molecule has 16 heavy (non-hydrogen) atoms. The molecular weight excluding hydrogens is 212 g/mol. The van der Waals surface area contributed by atoms with E-state index in [1.807, 2.05) is 13.8 Å². The number of carbonyl (C=O) groups excluding carboxylic acids is 1. The summed E-state index contributed by atoms with van der Waals surface area (Å²) >= 11 is 0. The lowest BCUT2D eigenvalue weighted by Crippen LogP contribution is -2.05. The molecule has 5 heteroatoms. The van der Waals surface area contributed by atoms with Crippen molar-refractivity contribution in [3.8, 4) is 0 Å². The first-order chi connectivity index (χ1) is 7.41. The minimum Gasteiger partial charge on any atom is -0.481 e. The van der Waals surface area contributed by atoms with E-state index in [1.165, 1.54) is 14.2 Å². The number of hydrogen-bond acceptors (Lipinski definition) is 4. The smallest absolute Gasteiger partial charge is 0.307 e. The van der Waals surface area contributed by atoms with Crippen molar-refractivity contribution in [3.63, 3.8) is 0 Å². The lowest BCUT2D eigenvalue weighted by molar-refractivity contribution is -0.139. The molecule has 0 amide bonds. The highest BCUT2D eigenvalue weighted by molar-refractivity contribution is 5.83. The maximum atomic E-state index is 11.0. The van der Waals surface area contributed by atoms with Crippen LogP contribution in [0.15, 0.2) is 11.5 Å². The van der Waals surface area contributed by atoms with Crippen molar-refractivity contribution < 1.29 is 24.2 Å². The van der Waals surface area contributed by atoms with Gasteiger partial charge in [0.15, 0.2) is 6.29 Å². The number of methoxy groups -OCH3 is 2. The highest BCUT2D eigenvalue weighted by atomic mass is 16.7. The minimum absolute atomic E-state index is 0.0943. The van der Waals surface area contributed by atoms with E-state index in [0.717, 1.165) is 0 Å². The van der Waals surface area contributed by atoms with Gasteiger partial charge in [0.2, 0.25) is 0 Å². The highest BCUT2D eigenvalue weighted by Crippen LogP contribution is 2.61. The number of carboxylic acids is 1. The van der Waals surface area contributed by atoms with Gasteiger partial charge in [-0.3, -0.25) is 9.59 Å². The molecule has 2 unspecified atom stereocenters. The predicted octanol–water partition coefficient (Wildman–Crippen LogP) is 1.05. The topological polar surface area (TPSA) is 72.8 Å². The SMILES string of the molecule is COC(OC)=C(C=O)C1C(C(=O)O)C1(C)C. The molecule has 90 valence electrons. The monoisotopic (exact) mass is 228 g/mol. The average molecular weight is 228 g/mol. The van der Waals surface area contributed by atoms with E-state index in [2.05, 4.69) is 0 Å². The minimum atomic E-state index is -0.902. The lowest BCUT2D eigenvalue weighted by atomic mass is 10.0. The third-order valence-corrected chi connectivity index (χ3v) is 3.16. The van der Waals surface area contributed by atoms with Crippen molar-refractivity contribution in [1.82, 2.24) is 0 Å². The van der Waals surface area contributed by atoms with Crippen LogP contribution in [0.1, 0.15) is 13.8 Å². The summed E-state index contributed by atoms with van der Waals surface area (Å²) in [6.45, 7) is 3.62. The van der Waals surface area contributed by atoms with E-state index >= 15 is 0 Å². The maximum absolute atomic E-state index is 11.0. The number of carbonyl (C=O) groups is 2. The van der Waals surface area contributed by atoms with Gasteiger partial charge in [0.05, 0.1) is 25.7 Å². The van der Waals surface area contributed by atoms with Gasteiger partial charge in [-0.25, -0.2) is 0 Å². The normalized spacial score (nSPS) is 25.5. The summed E-state index contributed by atoms with van der Waals surface area (Å²) in [5.74, 6) is -1.72. The van der Waals surface area contributed by atoms with Crippen LogP contribution in [0.3, 0.4) is 0 Å². The second-order valence-electron chi connectivity index (χ2n) is 4.38. The van der Waals surface area contributed by atoms with Gasteiger partial charge in [-0.15, -0.1) is 0 Å². The molecule has 0 radical (unpaired) electrons. The Bertz CT molecular complexity index is 336. The zero-order valence-electron chi connectivity index (χ0n) is 9.81. The number of allylic oxidation sites excluding steroid dienone is 1. The van der Waals surface area contributed by atoms with Crippen molar-refractivity contribution in [2.45, 2.75) is 13.8 Å². The van der Waals surface area contributed by atoms with Crippen LogP contribution in [0.4, 0.5) is 0 Å². The Morgan fingerprint density at radius 2 is 1.75 bits per heavy atom. The third kappa shape index (κ3) is 1.77. The predicted molar refractivity (Wildman–Crippen MR) is 55.5 cm³/mol. The van der Waals surface area contributed by atoms with Gasteiger partial charge < -0.3 is 14.6 Å². The molecule has 0 bridgehead atoms. The van der Waals surface area contributed by atoms with Crippen LogP contribution in [-0.4, -0.2) is 31.6 Å². The van der Waals surface area contributed by atoms with Crippen LogP contribution in [0.5, 0.6) is 0 Å². The largest absolute Gasteiger partial charge is 0.481 e. The number of aldehydes is 1. The number of carboxylic acid groups (broad SMARTS) is 1. The first kappa shape index (κ1) is 12.5. The molecule has 1 fully saturated rings. The van der Waals surface area contributed by atoms with Crippen molar-refractivity contribution >= 4 is 12.3 Å². The Labute approximate surface area is 94.0 Å². The van der Waals surface area contributed by atoms with Gasteiger partial charge in [-0.1, -0.05) is 13.8 Å². The Hall–Kier alpha value is -1.52. The first-order valence-corrected chi connectivity index (χ1v) is 4.91. The second-order valence-corrected chi connectivity index (χ2v) is 4.38. The molecule has 1 aliphatic rings. The van der Waals surface area contributed by atoms with Crippen LogP contribution in [0.2, 0.25) is 0 Å². The summed E-state index contributed by atoms with van der Waals surface area (Å²) in [6.07, 6.45) is 0.609. The fourth-order valence-electron chi connectivity index (χ4n) is 2.25. The van der Waals surface area contributed by atoms with Gasteiger partial charge in [-0.2, -0.15) is 0 Å². The molecule has 1 N–H and O–H groups in total. The van der Waals surface area contributed by atoms with Crippen LogP contribution < -0.4 is 0 Å². The molecule has 5 nitrogen and oxygen atoms in total. The Morgan fingerprint density at radius 3 is 2.00 bits per heavy atom. The van der Waals surface area contributed by atoms with Gasteiger partial charge in [0.25, 0.3) is 5.95 Å². The van der Waals surface area contributed by atoms with Crippen LogP contribution >= 0.6 is 0 Å². The zero-order valence-corrected chi connectivity index (χ0v) is 9.81. The Kier molecular flexibility index (Phi) is 3.26. The molecule has 0 aromatic rings. The molecule has 1 rings (SSSR count). The number of aliphatic carboxylic acids is 1. The Balaban J connectivity index is 3.06. The van der Waals surface area contributed by atoms with E-state index < -0.39 is 17.3 Å². The summed E-state index contributed by atoms with van der Waals surface area (Å²) in [5.41, 5.74) is -0.160. The van der Waals surface area contributed by atoms with Gasteiger partial charge in [-0.05, 0) is 5.41 Å². The van der Waals surface area contributed by atoms with Gasteiger partial charge >= 0.3 is 5.97 Å². The molecule has 0 spiro atoms. The van der Waals surface area contributed by atoms with E-state index in [1.54, 1.807) is 0 Å². The van der Waals surface area contributed by atoms with Crippen LogP contribution in [0, 0.1) is 17.3 Å². The van der Waals surface area contributed by atoms with Crippen molar-refractivity contribution in [2.24, 2.45) is 17.3 Å². The summed E-state index contributed by atoms with van der Waals surface area (Å²) in [5, 5.41) is 9.01. The molecule has 0 saturated heterocycles. The van der Waals surface area contributed by atoms with Crippen LogP contribution in [-0.2, 0) is 19.1 Å². The summed E-state index contributed by atoms with van der Waals surface area (Å²) < 4.78 is 9.82. The lowest BCUT2D eigenvalue weighted by Gasteiger charge is -2.08. The van der Waals surface area contributed by atoms with E-state index in [0.29, 0.717) is 6.29 Å². The standard InChI is InChI=1S/C11H16O5/c1-11(2)7(8(11)9(13)14)6(5-12)10(15-3)16-4/h5,7-8H,1-4H3,(H,13,14). The van der Waals surface area contributed by atoms with Crippen molar-refractivity contribution in [3.05, 3.63) is 11.5 Å². The highest BCUT2D eigenvalue weighted by Gasteiger charge is 2.64. The second kappa shape index (κ2) is 4.15. The van der Waals surface area contributed by atoms with Crippen LogP contribution in [0.25, 0.3) is 0 Å². The van der Waals surface area contributed by atoms with E-state index in [-0.39, 0.29) is 17.4 Å². The summed E-state index contributed by atoms with van der Waals surface area (Å²) in [6, 6.07) is 0. The molecule has 0 aromatic heterocycles. The summed E-state index contributed by atoms with van der Waals surface area (Å²) in [4.78, 5) is 22.0.